The predicted molar refractivity (Wildman–Crippen MR) is 36.9 cm³/mol. The van der Waals surface area contributed by atoms with Gasteiger partial charge in [0.15, 0.2) is 0 Å². The number of alkyl halides is 1. The molecule has 0 aliphatic heterocycles. The summed E-state index contributed by atoms with van der Waals surface area (Å²) in [5.74, 6) is 0. The lowest BCUT2D eigenvalue weighted by atomic mass is 10.3. The zero-order valence-electron chi connectivity index (χ0n) is 4.87. The molecular formula is C5H12BrN. The maximum atomic E-state index is 3.35. The lowest BCUT2D eigenvalue weighted by Crippen LogP contribution is -2.20. The van der Waals surface area contributed by atoms with Crippen molar-refractivity contribution in [1.29, 1.82) is 0 Å². The van der Waals surface area contributed by atoms with Gasteiger partial charge in [-0.25, -0.2) is 0 Å². The molecule has 0 radical (unpaired) electrons. The Kier molecular flexibility index (Phi) is 4.88. The summed E-state index contributed by atoms with van der Waals surface area (Å²) in [6.07, 6.45) is 1.20. The van der Waals surface area contributed by atoms with E-state index in [1.807, 2.05) is 7.05 Å². The van der Waals surface area contributed by atoms with E-state index in [4.69, 9.17) is 0 Å². The summed E-state index contributed by atoms with van der Waals surface area (Å²) in [4.78, 5) is 0. The lowest BCUT2D eigenvalue weighted by Gasteiger charge is -2.04. The van der Waals surface area contributed by atoms with E-state index in [0.717, 1.165) is 5.33 Å². The zero-order valence-corrected chi connectivity index (χ0v) is 6.46. The van der Waals surface area contributed by atoms with Crippen LogP contribution in [0.2, 0.25) is 0 Å². The minimum Gasteiger partial charge on any atom is -0.317 e. The topological polar surface area (TPSA) is 12.0 Å². The van der Waals surface area contributed by atoms with Crippen LogP contribution in [0.25, 0.3) is 0 Å². The van der Waals surface area contributed by atoms with Crippen LogP contribution in [0.15, 0.2) is 0 Å². The Bertz CT molecular complexity index is 39.1. The fraction of sp³-hybridized carbons (Fsp3) is 1.00. The third-order valence-electron chi connectivity index (χ3n) is 1.03. The highest BCUT2D eigenvalue weighted by atomic mass is 79.9. The average Bonchev–Trinajstić information content (AvgIpc) is 1.68. The van der Waals surface area contributed by atoms with E-state index in [2.05, 4.69) is 28.2 Å². The molecular weight excluding hydrogens is 154 g/mol. The predicted octanol–water partition coefficient (Wildman–Crippen LogP) is 1.38. The van der Waals surface area contributed by atoms with Crippen molar-refractivity contribution in [2.45, 2.75) is 19.4 Å². The van der Waals surface area contributed by atoms with Gasteiger partial charge < -0.3 is 5.32 Å². The van der Waals surface area contributed by atoms with Crippen molar-refractivity contribution in [3.05, 3.63) is 0 Å². The van der Waals surface area contributed by atoms with Gasteiger partial charge in [-0.2, -0.15) is 0 Å². The molecule has 1 unspecified atom stereocenters. The van der Waals surface area contributed by atoms with Crippen LogP contribution in [0.1, 0.15) is 13.3 Å². The normalized spacial score (nSPS) is 14.1. The first-order valence-electron chi connectivity index (χ1n) is 2.54. The Morgan fingerprint density at radius 1 is 1.71 bits per heavy atom. The van der Waals surface area contributed by atoms with Crippen LogP contribution in [0.5, 0.6) is 0 Å². The molecule has 0 aromatic carbocycles. The Labute approximate surface area is 53.6 Å². The monoisotopic (exact) mass is 165 g/mol. The van der Waals surface area contributed by atoms with E-state index in [1.165, 1.54) is 6.42 Å². The molecule has 7 heavy (non-hydrogen) atoms. The first-order valence-corrected chi connectivity index (χ1v) is 3.66. The van der Waals surface area contributed by atoms with Gasteiger partial charge in [-0.15, -0.1) is 0 Å². The highest BCUT2D eigenvalue weighted by molar-refractivity contribution is 9.09. The number of hydrogen-bond donors (Lipinski definition) is 1. The van der Waals surface area contributed by atoms with Crippen molar-refractivity contribution in [2.24, 2.45) is 0 Å². The molecule has 0 spiro atoms. The third kappa shape index (κ3) is 4.29. The molecule has 0 rings (SSSR count). The van der Waals surface area contributed by atoms with Gasteiger partial charge >= 0.3 is 0 Å². The van der Waals surface area contributed by atoms with Crippen LogP contribution in [0.3, 0.4) is 0 Å². The Morgan fingerprint density at radius 3 is 2.43 bits per heavy atom. The molecule has 44 valence electrons. The average molecular weight is 166 g/mol. The molecule has 0 fully saturated rings. The van der Waals surface area contributed by atoms with E-state index in [9.17, 15) is 0 Å². The smallest absolute Gasteiger partial charge is 0.00459 e. The van der Waals surface area contributed by atoms with E-state index in [0.29, 0.717) is 6.04 Å². The minimum absolute atomic E-state index is 0.652. The van der Waals surface area contributed by atoms with Crippen molar-refractivity contribution in [2.75, 3.05) is 12.4 Å². The van der Waals surface area contributed by atoms with Gasteiger partial charge in [-0.1, -0.05) is 15.9 Å². The maximum absolute atomic E-state index is 3.35. The molecule has 0 aliphatic rings. The van der Waals surface area contributed by atoms with Crippen LogP contribution in [0, 0.1) is 0 Å². The van der Waals surface area contributed by atoms with Gasteiger partial charge in [0.25, 0.3) is 0 Å². The van der Waals surface area contributed by atoms with Gasteiger partial charge in [0.05, 0.1) is 0 Å². The largest absolute Gasteiger partial charge is 0.317 e. The summed E-state index contributed by atoms with van der Waals surface area (Å²) in [7, 11) is 1.98. The molecule has 0 heterocycles. The Morgan fingerprint density at radius 2 is 2.29 bits per heavy atom. The third-order valence-corrected chi connectivity index (χ3v) is 1.49. The maximum Gasteiger partial charge on any atom is 0.00459 e. The first-order chi connectivity index (χ1) is 3.31. The van der Waals surface area contributed by atoms with E-state index >= 15 is 0 Å². The van der Waals surface area contributed by atoms with Crippen molar-refractivity contribution >= 4 is 15.9 Å². The second-order valence-corrected chi connectivity index (χ2v) is 2.46. The first kappa shape index (κ1) is 7.44. The van der Waals surface area contributed by atoms with Crippen molar-refractivity contribution in [1.82, 2.24) is 5.32 Å². The second-order valence-electron chi connectivity index (χ2n) is 1.67. The summed E-state index contributed by atoms with van der Waals surface area (Å²) < 4.78 is 0. The van der Waals surface area contributed by atoms with Gasteiger partial charge in [0.2, 0.25) is 0 Å². The molecule has 1 nitrogen and oxygen atoms in total. The summed E-state index contributed by atoms with van der Waals surface area (Å²) in [6, 6.07) is 0.652. The van der Waals surface area contributed by atoms with Crippen molar-refractivity contribution in [3.8, 4) is 0 Å². The summed E-state index contributed by atoms with van der Waals surface area (Å²) in [6.45, 7) is 2.17. The van der Waals surface area contributed by atoms with Gasteiger partial charge in [0.1, 0.15) is 0 Å². The van der Waals surface area contributed by atoms with Crippen molar-refractivity contribution in [3.63, 3.8) is 0 Å². The number of hydrogen-bond acceptors (Lipinski definition) is 1. The molecule has 0 amide bonds. The molecule has 2 heteroatoms. The summed E-state index contributed by atoms with van der Waals surface area (Å²) >= 11 is 3.35. The molecule has 1 atom stereocenters. The SMILES string of the molecule is CNC(C)CCBr. The number of rotatable bonds is 3. The molecule has 0 aromatic rings. The van der Waals surface area contributed by atoms with E-state index < -0.39 is 0 Å². The standard InChI is InChI=1S/C5H12BrN/c1-5(7-2)3-4-6/h5,7H,3-4H2,1-2H3. The molecule has 0 aliphatic carbocycles. The van der Waals surface area contributed by atoms with Crippen molar-refractivity contribution < 1.29 is 0 Å². The Hall–Kier alpha value is 0.440. The van der Waals surface area contributed by atoms with Crippen LogP contribution in [-0.4, -0.2) is 18.4 Å². The molecule has 0 aromatic heterocycles. The Balaban J connectivity index is 2.83. The number of halogens is 1. The lowest BCUT2D eigenvalue weighted by molar-refractivity contribution is 0.599. The molecule has 0 saturated carbocycles. The van der Waals surface area contributed by atoms with Gasteiger partial charge in [-0.05, 0) is 20.4 Å². The van der Waals surface area contributed by atoms with Gasteiger partial charge in [0, 0.05) is 11.4 Å². The highest BCUT2D eigenvalue weighted by Gasteiger charge is 1.91. The summed E-state index contributed by atoms with van der Waals surface area (Å²) in [5, 5.41) is 4.23. The van der Waals surface area contributed by atoms with E-state index in [-0.39, 0.29) is 0 Å². The molecule has 0 bridgehead atoms. The van der Waals surface area contributed by atoms with Crippen LogP contribution < -0.4 is 5.32 Å². The van der Waals surface area contributed by atoms with Crippen LogP contribution >= 0.6 is 15.9 Å². The molecule has 1 N–H and O–H groups in total. The van der Waals surface area contributed by atoms with Crippen LogP contribution in [0.4, 0.5) is 0 Å². The van der Waals surface area contributed by atoms with E-state index in [1.54, 1.807) is 0 Å². The second kappa shape index (κ2) is 4.60. The highest BCUT2D eigenvalue weighted by Crippen LogP contribution is 1.92. The summed E-state index contributed by atoms with van der Waals surface area (Å²) in [5.41, 5.74) is 0. The van der Waals surface area contributed by atoms with Gasteiger partial charge in [-0.3, -0.25) is 0 Å². The van der Waals surface area contributed by atoms with Crippen LogP contribution in [-0.2, 0) is 0 Å². The quantitative estimate of drug-likeness (QED) is 0.624. The molecule has 0 saturated heterocycles. The zero-order chi connectivity index (χ0) is 5.70. The minimum atomic E-state index is 0.652. The fourth-order valence-electron chi connectivity index (χ4n) is 0.308. The fourth-order valence-corrected chi connectivity index (χ4v) is 0.995. The number of nitrogens with one attached hydrogen (secondary N) is 1.